The highest BCUT2D eigenvalue weighted by Gasteiger charge is 2.30. The molecular formula is C26H20F3N3O2. The molecule has 1 N–H and O–H groups in total. The van der Waals surface area contributed by atoms with Crippen molar-refractivity contribution in [2.45, 2.75) is 18.8 Å². The molecule has 1 aromatic heterocycles. The van der Waals surface area contributed by atoms with E-state index in [0.717, 1.165) is 27.8 Å². The monoisotopic (exact) mass is 463 g/mol. The molecule has 1 heterocycles. The highest BCUT2D eigenvalue weighted by atomic mass is 19.4. The first-order valence-electron chi connectivity index (χ1n) is 10.4. The summed E-state index contributed by atoms with van der Waals surface area (Å²) in [7, 11) is 0. The molecule has 0 saturated heterocycles. The first-order chi connectivity index (χ1) is 16.3. The Morgan fingerprint density at radius 1 is 0.882 bits per heavy atom. The lowest BCUT2D eigenvalue weighted by molar-refractivity contribution is -0.137. The van der Waals surface area contributed by atoms with Crippen LogP contribution in [-0.4, -0.2) is 15.5 Å². The minimum Gasteiger partial charge on any atom is -0.344 e. The molecule has 0 bridgehead atoms. The van der Waals surface area contributed by atoms with Crippen LogP contribution in [0.15, 0.2) is 102 Å². The molecule has 8 heteroatoms. The molecule has 0 fully saturated rings. The second kappa shape index (κ2) is 9.74. The van der Waals surface area contributed by atoms with E-state index in [4.69, 9.17) is 0 Å². The third kappa shape index (κ3) is 5.40. The Morgan fingerprint density at radius 2 is 1.44 bits per heavy atom. The minimum atomic E-state index is -4.44. The molecule has 0 aliphatic rings. The lowest BCUT2D eigenvalue weighted by atomic mass is 9.99. The number of hydrogen-bond donors (Lipinski definition) is 1. The summed E-state index contributed by atoms with van der Waals surface area (Å²) in [6, 6.07) is 24.1. The van der Waals surface area contributed by atoms with Crippen LogP contribution in [0.5, 0.6) is 0 Å². The lowest BCUT2D eigenvalue weighted by Crippen LogP contribution is -2.35. The molecule has 5 nitrogen and oxygen atoms in total. The minimum absolute atomic E-state index is 0.224. The van der Waals surface area contributed by atoms with Crippen LogP contribution < -0.4 is 10.9 Å². The van der Waals surface area contributed by atoms with Gasteiger partial charge in [-0.15, -0.1) is 0 Å². The number of amides is 1. The van der Waals surface area contributed by atoms with Gasteiger partial charge in [0, 0.05) is 11.6 Å². The maximum atomic E-state index is 12.8. The van der Waals surface area contributed by atoms with Crippen molar-refractivity contribution in [3.05, 3.63) is 124 Å². The molecule has 0 radical (unpaired) electrons. The van der Waals surface area contributed by atoms with Crippen molar-refractivity contribution in [1.82, 2.24) is 14.9 Å². The number of benzene rings is 3. The Bertz CT molecular complexity index is 1280. The van der Waals surface area contributed by atoms with E-state index >= 15 is 0 Å². The Kier molecular flexibility index (Phi) is 6.58. The van der Waals surface area contributed by atoms with Crippen molar-refractivity contribution in [3.8, 4) is 11.3 Å². The van der Waals surface area contributed by atoms with E-state index in [1.807, 2.05) is 60.7 Å². The third-order valence-electron chi connectivity index (χ3n) is 5.27. The van der Waals surface area contributed by atoms with E-state index in [9.17, 15) is 22.8 Å². The van der Waals surface area contributed by atoms with Crippen molar-refractivity contribution in [3.63, 3.8) is 0 Å². The number of alkyl halides is 3. The first kappa shape index (κ1) is 23.0. The Balaban J connectivity index is 1.51. The molecule has 0 atom stereocenters. The molecule has 0 aliphatic heterocycles. The molecular weight excluding hydrogens is 443 g/mol. The maximum absolute atomic E-state index is 12.8. The summed E-state index contributed by atoms with van der Waals surface area (Å²) in [5.74, 6) is -0.385. The standard InChI is InChI=1S/C26H20F3N3O2/c27-26(28,29)21-13-11-18(12-14-21)22-15-24(34)32(17-30-22)16-23(33)31-25(19-7-3-1-4-8-19)20-9-5-2-6-10-20/h1-15,17,25H,16H2,(H,31,33). The summed E-state index contributed by atoms with van der Waals surface area (Å²) < 4.78 is 39.4. The van der Waals surface area contributed by atoms with Gasteiger partial charge < -0.3 is 5.32 Å². The summed E-state index contributed by atoms with van der Waals surface area (Å²) >= 11 is 0. The maximum Gasteiger partial charge on any atom is 0.416 e. The fourth-order valence-electron chi connectivity index (χ4n) is 3.54. The van der Waals surface area contributed by atoms with Gasteiger partial charge in [0.2, 0.25) is 5.91 Å². The molecule has 4 rings (SSSR count). The average molecular weight is 463 g/mol. The van der Waals surface area contributed by atoms with Gasteiger partial charge in [-0.2, -0.15) is 13.2 Å². The fraction of sp³-hybridized carbons (Fsp3) is 0.115. The van der Waals surface area contributed by atoms with Crippen molar-refractivity contribution in [2.75, 3.05) is 0 Å². The van der Waals surface area contributed by atoms with E-state index in [-0.39, 0.29) is 18.1 Å². The number of halogens is 3. The van der Waals surface area contributed by atoms with E-state index in [1.165, 1.54) is 24.5 Å². The molecule has 4 aromatic rings. The quantitative estimate of drug-likeness (QED) is 0.445. The second-order valence-corrected chi connectivity index (χ2v) is 7.64. The van der Waals surface area contributed by atoms with Crippen molar-refractivity contribution in [2.24, 2.45) is 0 Å². The highest BCUT2D eigenvalue weighted by Crippen LogP contribution is 2.30. The van der Waals surface area contributed by atoms with Crippen molar-refractivity contribution >= 4 is 5.91 Å². The summed E-state index contributed by atoms with van der Waals surface area (Å²) in [5.41, 5.74) is 1.11. The molecule has 172 valence electrons. The molecule has 0 spiro atoms. The van der Waals surface area contributed by atoms with Crippen molar-refractivity contribution < 1.29 is 18.0 Å². The normalized spacial score (nSPS) is 11.4. The number of carbonyl (C=O) groups is 1. The summed E-state index contributed by atoms with van der Waals surface area (Å²) in [4.78, 5) is 29.5. The lowest BCUT2D eigenvalue weighted by Gasteiger charge is -2.20. The van der Waals surface area contributed by atoms with Crippen molar-refractivity contribution in [1.29, 1.82) is 0 Å². The van der Waals surface area contributed by atoms with Gasteiger partial charge >= 0.3 is 6.18 Å². The topological polar surface area (TPSA) is 64.0 Å². The van der Waals surface area contributed by atoms with Gasteiger partial charge in [-0.25, -0.2) is 4.98 Å². The van der Waals surface area contributed by atoms with Crippen LogP contribution in [0.4, 0.5) is 13.2 Å². The fourth-order valence-corrected chi connectivity index (χ4v) is 3.54. The number of hydrogen-bond acceptors (Lipinski definition) is 3. The van der Waals surface area contributed by atoms with Crippen LogP contribution in [-0.2, 0) is 17.5 Å². The van der Waals surface area contributed by atoms with Gasteiger partial charge in [0.15, 0.2) is 0 Å². The smallest absolute Gasteiger partial charge is 0.344 e. The zero-order valence-corrected chi connectivity index (χ0v) is 17.9. The van der Waals surface area contributed by atoms with Gasteiger partial charge in [-0.1, -0.05) is 72.8 Å². The molecule has 1 amide bonds. The molecule has 0 unspecified atom stereocenters. The molecule has 34 heavy (non-hydrogen) atoms. The van der Waals surface area contributed by atoms with Gasteiger partial charge in [0.25, 0.3) is 5.56 Å². The summed E-state index contributed by atoms with van der Waals surface area (Å²) in [5, 5.41) is 2.96. The SMILES string of the molecule is O=C(Cn1cnc(-c2ccc(C(F)(F)F)cc2)cc1=O)NC(c1ccccc1)c1ccccc1. The van der Waals surface area contributed by atoms with Gasteiger partial charge in [-0.05, 0) is 23.3 Å². The summed E-state index contributed by atoms with van der Waals surface area (Å²) in [6.07, 6.45) is -3.23. The predicted molar refractivity (Wildman–Crippen MR) is 122 cm³/mol. The molecule has 0 saturated carbocycles. The van der Waals surface area contributed by atoms with Gasteiger partial charge in [0.1, 0.15) is 6.54 Å². The Hall–Kier alpha value is -4.20. The molecule has 0 aliphatic carbocycles. The second-order valence-electron chi connectivity index (χ2n) is 7.64. The van der Waals surface area contributed by atoms with E-state index in [2.05, 4.69) is 10.3 Å². The van der Waals surface area contributed by atoms with Gasteiger partial charge in [-0.3, -0.25) is 14.2 Å². The van der Waals surface area contributed by atoms with Crippen LogP contribution in [0.3, 0.4) is 0 Å². The van der Waals surface area contributed by atoms with E-state index < -0.39 is 23.3 Å². The number of carbonyl (C=O) groups excluding carboxylic acids is 1. The van der Waals surface area contributed by atoms with Crippen LogP contribution >= 0.6 is 0 Å². The predicted octanol–water partition coefficient (Wildman–Crippen LogP) is 4.83. The number of rotatable bonds is 6. The first-order valence-corrected chi connectivity index (χ1v) is 10.4. The average Bonchev–Trinajstić information content (AvgIpc) is 2.84. The number of aromatic nitrogens is 2. The highest BCUT2D eigenvalue weighted by molar-refractivity contribution is 5.77. The van der Waals surface area contributed by atoms with E-state index in [0.29, 0.717) is 5.56 Å². The van der Waals surface area contributed by atoms with Crippen LogP contribution in [0, 0.1) is 0 Å². The Morgan fingerprint density at radius 3 is 1.94 bits per heavy atom. The number of nitrogens with one attached hydrogen (secondary N) is 1. The van der Waals surface area contributed by atoms with Gasteiger partial charge in [0.05, 0.1) is 23.6 Å². The van der Waals surface area contributed by atoms with E-state index in [1.54, 1.807) is 0 Å². The largest absolute Gasteiger partial charge is 0.416 e. The summed E-state index contributed by atoms with van der Waals surface area (Å²) in [6.45, 7) is -0.255. The number of nitrogens with zero attached hydrogens (tertiary/aromatic N) is 2. The zero-order chi connectivity index (χ0) is 24.1. The Labute approximate surface area is 193 Å². The van der Waals surface area contributed by atoms with Crippen LogP contribution in [0.1, 0.15) is 22.7 Å². The zero-order valence-electron chi connectivity index (χ0n) is 17.9. The third-order valence-corrected chi connectivity index (χ3v) is 5.27. The van der Waals surface area contributed by atoms with Crippen LogP contribution in [0.2, 0.25) is 0 Å². The van der Waals surface area contributed by atoms with Crippen LogP contribution in [0.25, 0.3) is 11.3 Å². The molecule has 3 aromatic carbocycles.